The zero-order valence-electron chi connectivity index (χ0n) is 10.3. The molecule has 106 valence electrons. The van der Waals surface area contributed by atoms with Gasteiger partial charge >= 0.3 is 0 Å². The molecule has 0 bridgehead atoms. The summed E-state index contributed by atoms with van der Waals surface area (Å²) in [6.45, 7) is 0. The molecule has 0 radical (unpaired) electrons. The molecule has 0 aliphatic heterocycles. The van der Waals surface area contributed by atoms with Gasteiger partial charge in [0.1, 0.15) is 16.5 Å². The summed E-state index contributed by atoms with van der Waals surface area (Å²) in [5.74, 6) is -2.09. The number of sulfonamides is 1. The molecule has 3 N–H and O–H groups in total. The molecule has 0 heterocycles. The molecule has 0 amide bonds. The van der Waals surface area contributed by atoms with E-state index in [1.54, 1.807) is 0 Å². The third-order valence-electron chi connectivity index (χ3n) is 3.27. The van der Waals surface area contributed by atoms with E-state index in [1.807, 2.05) is 0 Å². The van der Waals surface area contributed by atoms with Gasteiger partial charge < -0.3 is 5.73 Å². The van der Waals surface area contributed by atoms with Crippen molar-refractivity contribution >= 4 is 15.7 Å². The summed E-state index contributed by atoms with van der Waals surface area (Å²) in [5, 5.41) is 0. The minimum atomic E-state index is -4.00. The van der Waals surface area contributed by atoms with Gasteiger partial charge in [0.15, 0.2) is 0 Å². The highest BCUT2D eigenvalue weighted by atomic mass is 32.2. The van der Waals surface area contributed by atoms with E-state index in [0.717, 1.165) is 38.2 Å². The van der Waals surface area contributed by atoms with Crippen LogP contribution in [0.2, 0.25) is 0 Å². The highest BCUT2D eigenvalue weighted by Gasteiger charge is 2.25. The summed E-state index contributed by atoms with van der Waals surface area (Å²) in [4.78, 5) is -0.600. The lowest BCUT2D eigenvalue weighted by molar-refractivity contribution is 0.411. The zero-order valence-corrected chi connectivity index (χ0v) is 11.1. The molecule has 1 aliphatic carbocycles. The van der Waals surface area contributed by atoms with Gasteiger partial charge in [0.25, 0.3) is 0 Å². The van der Waals surface area contributed by atoms with Crippen molar-refractivity contribution in [3.63, 3.8) is 0 Å². The Bertz CT molecular complexity index is 569. The maximum Gasteiger partial charge on any atom is 0.243 e. The van der Waals surface area contributed by atoms with Gasteiger partial charge in [-0.15, -0.1) is 0 Å². The van der Waals surface area contributed by atoms with E-state index >= 15 is 0 Å². The quantitative estimate of drug-likeness (QED) is 0.838. The SMILES string of the molecule is Nc1cc(S(=O)(=O)NC2CCCCC2)c(F)cc1F. The van der Waals surface area contributed by atoms with E-state index < -0.39 is 26.6 Å². The smallest absolute Gasteiger partial charge is 0.243 e. The van der Waals surface area contributed by atoms with E-state index in [4.69, 9.17) is 5.73 Å². The number of nitrogens with one attached hydrogen (secondary N) is 1. The maximum atomic E-state index is 13.6. The summed E-state index contributed by atoms with van der Waals surface area (Å²) >= 11 is 0. The number of rotatable bonds is 3. The van der Waals surface area contributed by atoms with E-state index in [-0.39, 0.29) is 11.7 Å². The molecule has 1 aromatic rings. The van der Waals surface area contributed by atoms with Crippen molar-refractivity contribution in [2.24, 2.45) is 0 Å². The Hall–Kier alpha value is -1.21. The van der Waals surface area contributed by atoms with Crippen LogP contribution in [0.3, 0.4) is 0 Å². The van der Waals surface area contributed by atoms with Gasteiger partial charge in [-0.05, 0) is 18.9 Å². The van der Waals surface area contributed by atoms with Crippen LogP contribution >= 0.6 is 0 Å². The van der Waals surface area contributed by atoms with E-state index in [0.29, 0.717) is 6.07 Å². The first-order chi connectivity index (χ1) is 8.90. The summed E-state index contributed by atoms with van der Waals surface area (Å²) in [7, 11) is -4.00. The van der Waals surface area contributed by atoms with Crippen molar-refractivity contribution in [2.45, 2.75) is 43.0 Å². The van der Waals surface area contributed by atoms with Gasteiger partial charge in [-0.2, -0.15) is 0 Å². The van der Waals surface area contributed by atoms with Crippen molar-refractivity contribution < 1.29 is 17.2 Å². The van der Waals surface area contributed by atoms with Gasteiger partial charge in [-0.3, -0.25) is 0 Å². The van der Waals surface area contributed by atoms with Crippen LogP contribution < -0.4 is 10.5 Å². The number of nitrogen functional groups attached to an aromatic ring is 1. The molecule has 1 aliphatic rings. The molecule has 0 unspecified atom stereocenters. The number of halogens is 2. The lowest BCUT2D eigenvalue weighted by Crippen LogP contribution is -2.36. The Morgan fingerprint density at radius 3 is 2.37 bits per heavy atom. The largest absolute Gasteiger partial charge is 0.396 e. The van der Waals surface area contributed by atoms with Crippen LogP contribution in [0, 0.1) is 11.6 Å². The number of nitrogens with two attached hydrogens (primary N) is 1. The lowest BCUT2D eigenvalue weighted by Gasteiger charge is -2.22. The fraction of sp³-hybridized carbons (Fsp3) is 0.500. The van der Waals surface area contributed by atoms with E-state index in [1.165, 1.54) is 0 Å². The highest BCUT2D eigenvalue weighted by molar-refractivity contribution is 7.89. The predicted molar refractivity (Wildman–Crippen MR) is 68.0 cm³/mol. The molecule has 7 heteroatoms. The number of anilines is 1. The average molecular weight is 290 g/mol. The van der Waals surface area contributed by atoms with Crippen LogP contribution in [0.25, 0.3) is 0 Å². The molecular weight excluding hydrogens is 274 g/mol. The summed E-state index contributed by atoms with van der Waals surface area (Å²) in [6, 6.07) is 1.12. The molecule has 0 atom stereocenters. The van der Waals surface area contributed by atoms with Crippen LogP contribution in [-0.4, -0.2) is 14.5 Å². The van der Waals surface area contributed by atoms with Gasteiger partial charge in [0.05, 0.1) is 5.69 Å². The standard InChI is InChI=1S/C12H16F2N2O2S/c13-9-6-10(14)12(7-11(9)15)19(17,18)16-8-4-2-1-3-5-8/h6-8,16H,1-5,15H2. The summed E-state index contributed by atoms with van der Waals surface area (Å²) in [5.41, 5.74) is 4.90. The lowest BCUT2D eigenvalue weighted by atomic mass is 9.96. The van der Waals surface area contributed by atoms with Crippen LogP contribution in [0.1, 0.15) is 32.1 Å². The third-order valence-corrected chi connectivity index (χ3v) is 4.80. The fourth-order valence-corrected chi connectivity index (χ4v) is 3.65. The maximum absolute atomic E-state index is 13.6. The topological polar surface area (TPSA) is 72.2 Å². The Labute approximate surface area is 111 Å². The normalized spacial score (nSPS) is 17.6. The minimum absolute atomic E-state index is 0.190. The molecule has 0 aromatic heterocycles. The van der Waals surface area contributed by atoms with Crippen molar-refractivity contribution in [3.05, 3.63) is 23.8 Å². The first kappa shape index (κ1) is 14.2. The second-order valence-electron chi connectivity index (χ2n) is 4.76. The molecule has 1 aromatic carbocycles. The molecule has 19 heavy (non-hydrogen) atoms. The van der Waals surface area contributed by atoms with Crippen molar-refractivity contribution in [3.8, 4) is 0 Å². The molecule has 1 saturated carbocycles. The summed E-state index contributed by atoms with van der Waals surface area (Å²) in [6.07, 6.45) is 4.44. The fourth-order valence-electron chi connectivity index (χ4n) is 2.25. The van der Waals surface area contributed by atoms with Gasteiger partial charge in [-0.1, -0.05) is 19.3 Å². The highest BCUT2D eigenvalue weighted by Crippen LogP contribution is 2.23. The first-order valence-corrected chi connectivity index (χ1v) is 7.65. The Morgan fingerprint density at radius 1 is 1.11 bits per heavy atom. The number of benzene rings is 1. The molecular formula is C12H16F2N2O2S. The zero-order chi connectivity index (χ0) is 14.0. The Kier molecular flexibility index (Phi) is 4.05. The van der Waals surface area contributed by atoms with Crippen LogP contribution in [-0.2, 0) is 10.0 Å². The van der Waals surface area contributed by atoms with E-state index in [9.17, 15) is 17.2 Å². The van der Waals surface area contributed by atoms with Gasteiger partial charge in [0, 0.05) is 12.1 Å². The minimum Gasteiger partial charge on any atom is -0.396 e. The monoisotopic (exact) mass is 290 g/mol. The van der Waals surface area contributed by atoms with E-state index in [2.05, 4.69) is 4.72 Å². The van der Waals surface area contributed by atoms with Crippen molar-refractivity contribution in [2.75, 3.05) is 5.73 Å². The second kappa shape index (κ2) is 5.42. The average Bonchev–Trinajstić information content (AvgIpc) is 2.34. The third kappa shape index (κ3) is 3.22. The van der Waals surface area contributed by atoms with Crippen LogP contribution in [0.5, 0.6) is 0 Å². The second-order valence-corrected chi connectivity index (χ2v) is 6.44. The first-order valence-electron chi connectivity index (χ1n) is 6.17. The van der Waals surface area contributed by atoms with Crippen molar-refractivity contribution in [1.29, 1.82) is 0 Å². The molecule has 0 saturated heterocycles. The molecule has 1 fully saturated rings. The van der Waals surface area contributed by atoms with Gasteiger partial charge in [-0.25, -0.2) is 21.9 Å². The van der Waals surface area contributed by atoms with Crippen molar-refractivity contribution in [1.82, 2.24) is 4.72 Å². The van der Waals surface area contributed by atoms with Crippen LogP contribution in [0.15, 0.2) is 17.0 Å². The molecule has 2 rings (SSSR count). The number of hydrogen-bond donors (Lipinski definition) is 2. The summed E-state index contributed by atoms with van der Waals surface area (Å²) < 4.78 is 53.2. The Morgan fingerprint density at radius 2 is 1.74 bits per heavy atom. The predicted octanol–water partition coefficient (Wildman–Crippen LogP) is 2.16. The number of hydrogen-bond acceptors (Lipinski definition) is 3. The van der Waals surface area contributed by atoms with Crippen LogP contribution in [0.4, 0.5) is 14.5 Å². The molecule has 4 nitrogen and oxygen atoms in total. The van der Waals surface area contributed by atoms with Gasteiger partial charge in [0.2, 0.25) is 10.0 Å². The Balaban J connectivity index is 2.26. The molecule has 0 spiro atoms.